The van der Waals surface area contributed by atoms with Gasteiger partial charge in [0.25, 0.3) is 11.5 Å². The van der Waals surface area contributed by atoms with Gasteiger partial charge in [-0.1, -0.05) is 96.1 Å². The van der Waals surface area contributed by atoms with Gasteiger partial charge >= 0.3 is 11.9 Å². The number of aromatic carboxylic acids is 2. The van der Waals surface area contributed by atoms with Crippen molar-refractivity contribution >= 4 is 32.0 Å². The van der Waals surface area contributed by atoms with Crippen molar-refractivity contribution in [2.75, 3.05) is 0 Å². The molecule has 0 aliphatic heterocycles. The fraction of sp³-hybridized carbons (Fsp3) is 0.143. The third-order valence-electron chi connectivity index (χ3n) is 8.29. The first-order chi connectivity index (χ1) is 28.5. The molecule has 0 radical (unpaired) electrons. The minimum Gasteiger partial charge on any atom is -0.481 e. The summed E-state index contributed by atoms with van der Waals surface area (Å²) in [5.74, 6) is -5.59. The Kier molecular flexibility index (Phi) is 14.5. The first-order valence-corrected chi connectivity index (χ1v) is 20.8. The van der Waals surface area contributed by atoms with Crippen LogP contribution in [0.25, 0.3) is 0 Å². The molecule has 60 heavy (non-hydrogen) atoms. The third-order valence-corrected chi connectivity index (χ3v) is 11.1. The van der Waals surface area contributed by atoms with Crippen molar-refractivity contribution < 1.29 is 54.9 Å². The highest BCUT2D eigenvalue weighted by atomic mass is 32.2. The Morgan fingerprint density at radius 1 is 0.550 bits per heavy atom. The van der Waals surface area contributed by atoms with Crippen molar-refractivity contribution in [2.45, 2.75) is 49.9 Å². The molecule has 0 saturated carbocycles. The van der Waals surface area contributed by atoms with E-state index in [1.54, 1.807) is 72.8 Å². The van der Waals surface area contributed by atoms with E-state index < -0.39 is 79.0 Å². The number of carbonyl (C=O) groups is 2. The molecule has 2 aromatic heterocycles. The van der Waals surface area contributed by atoms with E-state index in [-0.39, 0.29) is 34.5 Å². The first-order valence-electron chi connectivity index (χ1n) is 17.8. The number of nitrogens with one attached hydrogen (secondary N) is 2. The Morgan fingerprint density at radius 2 is 0.883 bits per heavy atom. The lowest BCUT2D eigenvalue weighted by Gasteiger charge is -2.10. The molecule has 18 heteroatoms. The second-order valence-corrected chi connectivity index (χ2v) is 16.4. The molecule has 0 fully saturated rings. The molecule has 0 aliphatic rings. The normalized spacial score (nSPS) is 11.2. The van der Waals surface area contributed by atoms with E-state index in [4.69, 9.17) is 18.3 Å². The largest absolute Gasteiger partial charge is 0.481 e. The molecule has 0 bridgehead atoms. The second-order valence-electron chi connectivity index (χ2n) is 12.9. The van der Waals surface area contributed by atoms with Crippen LogP contribution >= 0.6 is 0 Å². The molecular weight excluding hydrogens is 821 g/mol. The molecule has 2 heterocycles. The molecule has 4 N–H and O–H groups in total. The van der Waals surface area contributed by atoms with Crippen molar-refractivity contribution in [1.29, 1.82) is 0 Å². The number of aryl methyl sites for hydroxylation is 2. The van der Waals surface area contributed by atoms with Crippen LogP contribution in [0.5, 0.6) is 11.5 Å². The molecule has 0 unspecified atom stereocenters. The van der Waals surface area contributed by atoms with Gasteiger partial charge in [-0.25, -0.2) is 35.9 Å². The van der Waals surface area contributed by atoms with Crippen LogP contribution in [0, 0.1) is 13.8 Å². The summed E-state index contributed by atoms with van der Waals surface area (Å²) in [7, 11) is -7.74. The summed E-state index contributed by atoms with van der Waals surface area (Å²) in [4.78, 5) is 47.9. The van der Waals surface area contributed by atoms with Gasteiger partial charge in [-0.05, 0) is 49.2 Å². The molecule has 312 valence electrons. The van der Waals surface area contributed by atoms with Gasteiger partial charge in [-0.3, -0.25) is 9.59 Å². The van der Waals surface area contributed by atoms with Crippen molar-refractivity contribution in [1.82, 2.24) is 9.44 Å². The Balaban J connectivity index is 0.000000228. The maximum atomic E-state index is 12.4. The lowest BCUT2D eigenvalue weighted by Crippen LogP contribution is -2.24. The SMILES string of the molecule is Cc1ccc(S(=O)(=O)NCc2cc(=O)c(OCc3ccccc3)c(C(=O)O)o2)cc1.Cc1ccc(S(=O)(=O)NCc2cc(=O)c(OCc3ccccc3)c(C(=O)O)o2)cc1. The number of benzene rings is 4. The molecule has 6 rings (SSSR count). The number of hydrogen-bond acceptors (Lipinski definition) is 12. The standard InChI is InChI=1S/2C21H19NO7S/c2*1-14-7-9-17(10-8-14)30(26,27)22-12-16-11-18(23)19(20(29-16)21(24)25)28-13-15-5-3-2-4-6-15/h2*2-11,22H,12-13H2,1H3,(H,24,25). The average molecular weight is 859 g/mol. The fourth-order valence-corrected chi connectivity index (χ4v) is 7.17. The number of rotatable bonds is 16. The highest BCUT2D eigenvalue weighted by Crippen LogP contribution is 2.20. The number of carboxylic acids is 2. The van der Waals surface area contributed by atoms with Crippen LogP contribution in [-0.2, 0) is 46.3 Å². The maximum absolute atomic E-state index is 12.4. The van der Waals surface area contributed by atoms with Crippen molar-refractivity contribution in [3.63, 3.8) is 0 Å². The van der Waals surface area contributed by atoms with Crippen LogP contribution < -0.4 is 29.8 Å². The van der Waals surface area contributed by atoms with Gasteiger partial charge in [0.2, 0.25) is 42.4 Å². The molecule has 0 amide bonds. The minimum atomic E-state index is -3.87. The van der Waals surface area contributed by atoms with Crippen LogP contribution in [0.1, 0.15) is 54.9 Å². The zero-order chi connectivity index (χ0) is 43.5. The second kappa shape index (κ2) is 19.7. The Labute approximate surface area is 343 Å². The van der Waals surface area contributed by atoms with E-state index in [1.807, 2.05) is 26.0 Å². The number of ether oxygens (including phenoxy) is 2. The van der Waals surface area contributed by atoms with Crippen molar-refractivity contribution in [2.24, 2.45) is 0 Å². The van der Waals surface area contributed by atoms with E-state index in [9.17, 15) is 46.2 Å². The van der Waals surface area contributed by atoms with E-state index >= 15 is 0 Å². The van der Waals surface area contributed by atoms with Gasteiger partial charge in [-0.15, -0.1) is 0 Å². The lowest BCUT2D eigenvalue weighted by molar-refractivity contribution is 0.0637. The predicted octanol–water partition coefficient (Wildman–Crippen LogP) is 5.41. The highest BCUT2D eigenvalue weighted by Gasteiger charge is 2.23. The summed E-state index contributed by atoms with van der Waals surface area (Å²) in [5.41, 5.74) is 1.83. The van der Waals surface area contributed by atoms with E-state index in [2.05, 4.69) is 9.44 Å². The Bertz CT molecular complexity index is 2600. The average Bonchev–Trinajstić information content (AvgIpc) is 3.22. The van der Waals surface area contributed by atoms with Crippen LogP contribution in [0.2, 0.25) is 0 Å². The maximum Gasteiger partial charge on any atom is 0.375 e. The molecule has 0 saturated heterocycles. The Hall–Kier alpha value is -6.86. The van der Waals surface area contributed by atoms with Gasteiger partial charge in [-0.2, -0.15) is 0 Å². The van der Waals surface area contributed by atoms with Crippen LogP contribution in [-0.4, -0.2) is 39.0 Å². The monoisotopic (exact) mass is 858 g/mol. The van der Waals surface area contributed by atoms with Gasteiger partial charge < -0.3 is 28.5 Å². The van der Waals surface area contributed by atoms with Crippen LogP contribution in [0.3, 0.4) is 0 Å². The zero-order valence-electron chi connectivity index (χ0n) is 32.0. The first kappa shape index (κ1) is 44.2. The third kappa shape index (κ3) is 12.1. The molecule has 0 atom stereocenters. The van der Waals surface area contributed by atoms with E-state index in [0.717, 1.165) is 34.4 Å². The number of carboxylic acid groups (broad SMARTS) is 2. The molecule has 16 nitrogen and oxygen atoms in total. The minimum absolute atomic E-state index is 0.0225. The summed E-state index contributed by atoms with van der Waals surface area (Å²) in [6, 6.07) is 32.2. The van der Waals surface area contributed by atoms with Gasteiger partial charge in [0, 0.05) is 12.1 Å². The molecule has 4 aromatic carbocycles. The lowest BCUT2D eigenvalue weighted by atomic mass is 10.2. The highest BCUT2D eigenvalue weighted by molar-refractivity contribution is 7.89. The molecule has 0 spiro atoms. The summed E-state index contributed by atoms with van der Waals surface area (Å²) < 4.78 is 75.3. The molecule has 0 aliphatic carbocycles. The van der Waals surface area contributed by atoms with Crippen molar-refractivity contribution in [3.8, 4) is 11.5 Å². The van der Waals surface area contributed by atoms with Gasteiger partial charge in [0.1, 0.15) is 24.7 Å². The van der Waals surface area contributed by atoms with E-state index in [1.165, 1.54) is 24.3 Å². The summed E-state index contributed by atoms with van der Waals surface area (Å²) in [6.07, 6.45) is 0. The van der Waals surface area contributed by atoms with E-state index in [0.29, 0.717) is 0 Å². The van der Waals surface area contributed by atoms with Crippen LogP contribution in [0.4, 0.5) is 0 Å². The van der Waals surface area contributed by atoms with Gasteiger partial charge in [0.15, 0.2) is 0 Å². The fourth-order valence-electron chi connectivity index (χ4n) is 5.18. The summed E-state index contributed by atoms with van der Waals surface area (Å²) in [5, 5.41) is 18.8. The number of sulfonamides is 2. The Morgan fingerprint density at radius 3 is 1.20 bits per heavy atom. The smallest absolute Gasteiger partial charge is 0.375 e. The van der Waals surface area contributed by atoms with Crippen LogP contribution in [0.15, 0.2) is 150 Å². The quantitative estimate of drug-likeness (QED) is 0.0952. The zero-order valence-corrected chi connectivity index (χ0v) is 33.6. The van der Waals surface area contributed by atoms with Gasteiger partial charge in [0.05, 0.1) is 22.9 Å². The topological polar surface area (TPSA) is 246 Å². The predicted molar refractivity (Wildman–Crippen MR) is 216 cm³/mol. The molecular formula is C42H38N2O14S2. The van der Waals surface area contributed by atoms with Crippen molar-refractivity contribution in [3.05, 3.63) is 187 Å². The summed E-state index contributed by atoms with van der Waals surface area (Å²) >= 11 is 0. The molecule has 6 aromatic rings. The number of hydrogen-bond donors (Lipinski definition) is 4. The summed E-state index contributed by atoms with van der Waals surface area (Å²) in [6.45, 7) is 2.81.